The Bertz CT molecular complexity index is 1450. The number of benzene rings is 1. The molecule has 1 fully saturated rings. The van der Waals surface area contributed by atoms with Crippen molar-refractivity contribution in [1.29, 1.82) is 0 Å². The van der Waals surface area contributed by atoms with Crippen molar-refractivity contribution in [3.05, 3.63) is 75.5 Å². The van der Waals surface area contributed by atoms with Crippen LogP contribution in [0.15, 0.2) is 41.6 Å². The number of carbonyl (C=O) groups excluding carboxylic acids is 1. The van der Waals surface area contributed by atoms with Crippen molar-refractivity contribution >= 4 is 11.6 Å². The standard InChI is InChI=1S/C28H34F4N6O2/c1-6-26(3,4)33-13-18-9-20(24(40)38(14-18)15-28(30,31)32)23(39)35-22-10-19(7-8-21(22)29)27(11-17(2)12-27)25-36-34-16-37(25)5/h7-10,14,16-17,33H,6,11-13,15H2,1-5H3,(H,35,39). The van der Waals surface area contributed by atoms with E-state index in [1.165, 1.54) is 18.2 Å². The molecule has 0 spiro atoms. The molecule has 0 bridgehead atoms. The van der Waals surface area contributed by atoms with Crippen molar-refractivity contribution in [3.63, 3.8) is 0 Å². The molecule has 0 unspecified atom stereocenters. The molecule has 1 saturated carbocycles. The number of hydrogen-bond acceptors (Lipinski definition) is 5. The molecule has 216 valence electrons. The second kappa shape index (κ2) is 10.8. The van der Waals surface area contributed by atoms with Crippen LogP contribution in [-0.2, 0) is 25.6 Å². The Morgan fingerprint density at radius 2 is 1.90 bits per heavy atom. The molecule has 1 aromatic carbocycles. The molecule has 1 aliphatic carbocycles. The molecule has 2 N–H and O–H groups in total. The van der Waals surface area contributed by atoms with Gasteiger partial charge in [0, 0.05) is 25.3 Å². The van der Waals surface area contributed by atoms with E-state index < -0.39 is 41.0 Å². The SMILES string of the molecule is CCC(C)(C)NCc1cc(C(=O)Nc2cc(C3(c4nncn4C)CC(C)C3)ccc2F)c(=O)n(CC(F)(F)F)c1. The second-order valence-corrected chi connectivity index (χ2v) is 11.4. The molecule has 2 heterocycles. The number of nitrogens with one attached hydrogen (secondary N) is 2. The van der Waals surface area contributed by atoms with Crippen molar-refractivity contribution in [2.45, 2.75) is 77.2 Å². The minimum atomic E-state index is -4.68. The van der Waals surface area contributed by atoms with Crippen molar-refractivity contribution in [3.8, 4) is 0 Å². The molecule has 1 aliphatic rings. The highest BCUT2D eigenvalue weighted by Gasteiger charge is 2.48. The van der Waals surface area contributed by atoms with E-state index in [-0.39, 0.29) is 17.8 Å². The predicted molar refractivity (Wildman–Crippen MR) is 143 cm³/mol. The van der Waals surface area contributed by atoms with Crippen LogP contribution in [0, 0.1) is 11.7 Å². The fourth-order valence-corrected chi connectivity index (χ4v) is 5.24. The van der Waals surface area contributed by atoms with Gasteiger partial charge < -0.3 is 19.8 Å². The number of alkyl halides is 3. The van der Waals surface area contributed by atoms with E-state index in [1.54, 1.807) is 17.0 Å². The Hall–Kier alpha value is -3.54. The quantitative estimate of drug-likeness (QED) is 0.361. The molecule has 12 heteroatoms. The first kappa shape index (κ1) is 29.4. The number of rotatable bonds is 9. The molecule has 3 aromatic rings. The maximum absolute atomic E-state index is 14.9. The summed E-state index contributed by atoms with van der Waals surface area (Å²) in [7, 11) is 1.82. The second-order valence-electron chi connectivity index (χ2n) is 11.4. The lowest BCUT2D eigenvalue weighted by Crippen LogP contribution is -2.43. The Labute approximate surface area is 229 Å². The van der Waals surface area contributed by atoms with E-state index in [0.29, 0.717) is 27.4 Å². The molecule has 0 atom stereocenters. The normalized spacial score (nSPS) is 19.4. The van der Waals surface area contributed by atoms with Gasteiger partial charge in [0.05, 0.1) is 11.1 Å². The van der Waals surface area contributed by atoms with Crippen LogP contribution < -0.4 is 16.2 Å². The molecule has 0 radical (unpaired) electrons. The fraction of sp³-hybridized carbons (Fsp3) is 0.500. The number of halogens is 4. The lowest BCUT2D eigenvalue weighted by Gasteiger charge is -2.46. The Morgan fingerprint density at radius 1 is 1.20 bits per heavy atom. The molecule has 40 heavy (non-hydrogen) atoms. The first-order valence-electron chi connectivity index (χ1n) is 13.1. The van der Waals surface area contributed by atoms with E-state index in [0.717, 1.165) is 25.5 Å². The number of aromatic nitrogens is 4. The molecular weight excluding hydrogens is 528 g/mol. The van der Waals surface area contributed by atoms with Crippen LogP contribution in [0.1, 0.15) is 74.3 Å². The summed E-state index contributed by atoms with van der Waals surface area (Å²) in [5, 5.41) is 13.9. The van der Waals surface area contributed by atoms with Crippen molar-refractivity contribution in [2.24, 2.45) is 13.0 Å². The van der Waals surface area contributed by atoms with Gasteiger partial charge in [-0.25, -0.2) is 4.39 Å². The zero-order valence-electron chi connectivity index (χ0n) is 23.2. The third-order valence-corrected chi connectivity index (χ3v) is 7.69. The van der Waals surface area contributed by atoms with Gasteiger partial charge in [-0.1, -0.05) is 19.9 Å². The average molecular weight is 563 g/mol. The van der Waals surface area contributed by atoms with Crippen LogP contribution >= 0.6 is 0 Å². The minimum absolute atomic E-state index is 0.126. The summed E-state index contributed by atoms with van der Waals surface area (Å²) in [4.78, 5) is 26.2. The van der Waals surface area contributed by atoms with Crippen LogP contribution in [0.25, 0.3) is 0 Å². The number of nitrogens with zero attached hydrogens (tertiary/aromatic N) is 4. The summed E-state index contributed by atoms with van der Waals surface area (Å²) in [5.41, 5.74) is -1.64. The Kier molecular flexibility index (Phi) is 7.94. The first-order valence-corrected chi connectivity index (χ1v) is 13.1. The summed E-state index contributed by atoms with van der Waals surface area (Å²) in [5.74, 6) is -0.639. The summed E-state index contributed by atoms with van der Waals surface area (Å²) in [6.07, 6.45) is 0.220. The van der Waals surface area contributed by atoms with Crippen LogP contribution in [-0.4, -0.2) is 37.0 Å². The van der Waals surface area contributed by atoms with E-state index in [4.69, 9.17) is 0 Å². The molecule has 0 aliphatic heterocycles. The number of anilines is 1. The van der Waals surface area contributed by atoms with E-state index in [2.05, 4.69) is 27.8 Å². The first-order chi connectivity index (χ1) is 18.6. The minimum Gasteiger partial charge on any atom is -0.320 e. The maximum atomic E-state index is 14.9. The highest BCUT2D eigenvalue weighted by molar-refractivity contribution is 6.04. The van der Waals surface area contributed by atoms with Gasteiger partial charge in [-0.3, -0.25) is 9.59 Å². The molecule has 0 saturated heterocycles. The van der Waals surface area contributed by atoms with Gasteiger partial charge in [0.1, 0.15) is 30.1 Å². The van der Waals surface area contributed by atoms with Gasteiger partial charge in [-0.15, -0.1) is 10.2 Å². The summed E-state index contributed by atoms with van der Waals surface area (Å²) < 4.78 is 56.9. The van der Waals surface area contributed by atoms with Gasteiger partial charge in [0.25, 0.3) is 11.5 Å². The zero-order chi connectivity index (χ0) is 29.5. The number of pyridine rings is 1. The number of hydrogen-bond donors (Lipinski definition) is 2. The highest BCUT2D eigenvalue weighted by atomic mass is 19.4. The van der Waals surface area contributed by atoms with Crippen molar-refractivity contribution in [2.75, 3.05) is 5.32 Å². The molecule has 1 amide bonds. The highest BCUT2D eigenvalue weighted by Crippen LogP contribution is 2.51. The lowest BCUT2D eigenvalue weighted by molar-refractivity contribution is -0.141. The molecular formula is C28H34F4N6O2. The third kappa shape index (κ3) is 6.11. The summed E-state index contributed by atoms with van der Waals surface area (Å²) in [6, 6.07) is 5.60. The van der Waals surface area contributed by atoms with Gasteiger partial charge >= 0.3 is 6.18 Å². The number of amides is 1. The largest absolute Gasteiger partial charge is 0.406 e. The van der Waals surface area contributed by atoms with Crippen LogP contribution in [0.5, 0.6) is 0 Å². The van der Waals surface area contributed by atoms with Gasteiger partial charge in [0.2, 0.25) is 0 Å². The van der Waals surface area contributed by atoms with Crippen molar-refractivity contribution < 1.29 is 22.4 Å². The Morgan fingerprint density at radius 3 is 2.48 bits per heavy atom. The van der Waals surface area contributed by atoms with Crippen LogP contribution in [0.2, 0.25) is 0 Å². The van der Waals surface area contributed by atoms with Crippen LogP contribution in [0.3, 0.4) is 0 Å². The fourth-order valence-electron chi connectivity index (χ4n) is 5.24. The van der Waals surface area contributed by atoms with Gasteiger partial charge in [-0.05, 0) is 68.4 Å². The van der Waals surface area contributed by atoms with Gasteiger partial charge in [0.15, 0.2) is 0 Å². The third-order valence-electron chi connectivity index (χ3n) is 7.69. The predicted octanol–water partition coefficient (Wildman–Crippen LogP) is 4.92. The van der Waals surface area contributed by atoms with E-state index in [9.17, 15) is 27.2 Å². The molecule has 8 nitrogen and oxygen atoms in total. The molecule has 4 rings (SSSR count). The zero-order valence-corrected chi connectivity index (χ0v) is 23.2. The number of aryl methyl sites for hydroxylation is 1. The van der Waals surface area contributed by atoms with Gasteiger partial charge in [-0.2, -0.15) is 13.2 Å². The van der Waals surface area contributed by atoms with E-state index in [1.807, 2.05) is 27.8 Å². The van der Waals surface area contributed by atoms with Crippen molar-refractivity contribution in [1.82, 2.24) is 24.6 Å². The molecule has 2 aromatic heterocycles. The van der Waals surface area contributed by atoms with Crippen LogP contribution in [0.4, 0.5) is 23.2 Å². The average Bonchev–Trinajstić information content (AvgIpc) is 3.28. The summed E-state index contributed by atoms with van der Waals surface area (Å²) in [6.45, 7) is 6.48. The maximum Gasteiger partial charge on any atom is 0.406 e. The Balaban J connectivity index is 1.69. The lowest BCUT2D eigenvalue weighted by atomic mass is 9.58. The topological polar surface area (TPSA) is 93.8 Å². The monoisotopic (exact) mass is 562 g/mol. The summed E-state index contributed by atoms with van der Waals surface area (Å²) >= 11 is 0. The number of carbonyl (C=O) groups is 1. The smallest absolute Gasteiger partial charge is 0.320 e. The van der Waals surface area contributed by atoms with E-state index >= 15 is 0 Å².